The van der Waals surface area contributed by atoms with Crippen LogP contribution in [0.15, 0.2) is 60.8 Å². The smallest absolute Gasteiger partial charge is 0.419 e. The Kier molecular flexibility index (Phi) is 7.74. The number of hydrogen-bond acceptors (Lipinski definition) is 6. The third-order valence-corrected chi connectivity index (χ3v) is 6.71. The Labute approximate surface area is 228 Å². The van der Waals surface area contributed by atoms with Crippen LogP contribution >= 0.6 is 0 Å². The number of hydrogen-bond donors (Lipinski definition) is 2. The standard InChI is InChI=1S/C29H27F3N4O4/c30-29(31,32)24-15-21(19-3-5-20(6-4-19)28(38)36-9-11-39-12-10-36)13-22-14-23(40-27(22)24)17-35-26(37)8-2-18-1-7-25(33)34-16-18/h1-8,13,15-16,23H,9-12,14,17H2,(H2,33,34)(H,35,37). The number of alkyl halides is 3. The lowest BCUT2D eigenvalue weighted by Gasteiger charge is -2.26. The summed E-state index contributed by atoms with van der Waals surface area (Å²) < 4.78 is 53.0. The van der Waals surface area contributed by atoms with Crippen molar-refractivity contribution in [1.82, 2.24) is 15.2 Å². The number of benzene rings is 2. The zero-order chi connectivity index (χ0) is 28.3. The molecule has 8 nitrogen and oxygen atoms in total. The van der Waals surface area contributed by atoms with Gasteiger partial charge in [-0.1, -0.05) is 12.1 Å². The molecule has 1 saturated heterocycles. The summed E-state index contributed by atoms with van der Waals surface area (Å²) >= 11 is 0. The maximum absolute atomic E-state index is 14.0. The van der Waals surface area contributed by atoms with E-state index in [-0.39, 0.29) is 24.6 Å². The molecule has 0 bridgehead atoms. The molecular formula is C29H27F3N4O4. The fraction of sp³-hybridized carbons (Fsp3) is 0.276. The van der Waals surface area contributed by atoms with Crippen molar-refractivity contribution < 1.29 is 32.2 Å². The molecule has 208 valence electrons. The van der Waals surface area contributed by atoms with E-state index >= 15 is 0 Å². The van der Waals surface area contributed by atoms with E-state index in [0.717, 1.165) is 6.07 Å². The van der Waals surface area contributed by atoms with Crippen LogP contribution in [-0.2, 0) is 22.1 Å². The van der Waals surface area contributed by atoms with Crippen molar-refractivity contribution in [2.24, 2.45) is 0 Å². The van der Waals surface area contributed by atoms with Gasteiger partial charge >= 0.3 is 6.18 Å². The summed E-state index contributed by atoms with van der Waals surface area (Å²) in [7, 11) is 0. The average molecular weight is 553 g/mol. The molecule has 0 spiro atoms. The molecule has 11 heteroatoms. The Morgan fingerprint density at radius 1 is 1.07 bits per heavy atom. The Bertz CT molecular complexity index is 1420. The van der Waals surface area contributed by atoms with Crippen molar-refractivity contribution in [3.8, 4) is 16.9 Å². The van der Waals surface area contributed by atoms with E-state index in [1.165, 1.54) is 12.3 Å². The van der Waals surface area contributed by atoms with Crippen molar-refractivity contribution in [2.75, 3.05) is 38.6 Å². The van der Waals surface area contributed by atoms with Crippen LogP contribution in [0, 0.1) is 0 Å². The van der Waals surface area contributed by atoms with Crippen molar-refractivity contribution >= 4 is 23.7 Å². The fourth-order valence-corrected chi connectivity index (χ4v) is 4.64. The number of aromatic nitrogens is 1. The lowest BCUT2D eigenvalue weighted by atomic mass is 9.96. The summed E-state index contributed by atoms with van der Waals surface area (Å²) in [5.41, 5.74) is 7.12. The monoisotopic (exact) mass is 552 g/mol. The van der Waals surface area contributed by atoms with Gasteiger partial charge in [-0.25, -0.2) is 4.98 Å². The molecule has 1 unspecified atom stereocenters. The molecule has 40 heavy (non-hydrogen) atoms. The third kappa shape index (κ3) is 6.26. The number of rotatable bonds is 6. The van der Waals surface area contributed by atoms with Gasteiger partial charge in [0.1, 0.15) is 17.7 Å². The minimum atomic E-state index is -4.64. The first-order chi connectivity index (χ1) is 19.2. The van der Waals surface area contributed by atoms with Crippen LogP contribution in [0.5, 0.6) is 5.75 Å². The number of nitrogens with one attached hydrogen (secondary N) is 1. The minimum Gasteiger partial charge on any atom is -0.487 e. The molecule has 5 rings (SSSR count). The predicted octanol–water partition coefficient (Wildman–Crippen LogP) is 3.96. The van der Waals surface area contributed by atoms with Crippen LogP contribution in [0.25, 0.3) is 17.2 Å². The molecule has 1 fully saturated rings. The molecule has 1 aromatic heterocycles. The Hall–Kier alpha value is -4.38. The van der Waals surface area contributed by atoms with E-state index < -0.39 is 23.8 Å². The minimum absolute atomic E-state index is 0.0306. The molecule has 3 N–H and O–H groups in total. The number of ether oxygens (including phenoxy) is 2. The molecule has 2 aliphatic rings. The van der Waals surface area contributed by atoms with Crippen molar-refractivity contribution in [2.45, 2.75) is 18.7 Å². The highest BCUT2D eigenvalue weighted by Gasteiger charge is 2.39. The van der Waals surface area contributed by atoms with Crippen molar-refractivity contribution in [3.63, 3.8) is 0 Å². The zero-order valence-electron chi connectivity index (χ0n) is 21.4. The predicted molar refractivity (Wildman–Crippen MR) is 142 cm³/mol. The van der Waals surface area contributed by atoms with Gasteiger partial charge in [0.25, 0.3) is 5.91 Å². The van der Waals surface area contributed by atoms with Crippen molar-refractivity contribution in [1.29, 1.82) is 0 Å². The van der Waals surface area contributed by atoms with Gasteiger partial charge in [-0.2, -0.15) is 13.2 Å². The first-order valence-corrected chi connectivity index (χ1v) is 12.7. The molecule has 2 amide bonds. The summed E-state index contributed by atoms with van der Waals surface area (Å²) in [6.07, 6.45) is -0.717. The van der Waals surface area contributed by atoms with Crippen LogP contribution in [0.3, 0.4) is 0 Å². The van der Waals surface area contributed by atoms with E-state index in [1.807, 2.05) is 0 Å². The largest absolute Gasteiger partial charge is 0.487 e. The summed E-state index contributed by atoms with van der Waals surface area (Å²) in [5, 5.41) is 2.67. The lowest BCUT2D eigenvalue weighted by Crippen LogP contribution is -2.40. The first kappa shape index (κ1) is 27.2. The van der Waals surface area contributed by atoms with Gasteiger partial charge in [0, 0.05) is 37.3 Å². The number of nitrogens with zero attached hydrogens (tertiary/aromatic N) is 2. The van der Waals surface area contributed by atoms with E-state index in [1.54, 1.807) is 53.4 Å². The molecule has 1 atom stereocenters. The third-order valence-electron chi connectivity index (χ3n) is 6.71. The van der Waals surface area contributed by atoms with E-state index in [2.05, 4.69) is 10.3 Å². The second kappa shape index (κ2) is 11.4. The maximum atomic E-state index is 14.0. The number of nitrogens with two attached hydrogens (primary N) is 1. The van der Waals surface area contributed by atoms with E-state index in [9.17, 15) is 22.8 Å². The normalized spacial score (nSPS) is 17.0. The molecule has 0 saturated carbocycles. The number of morpholine rings is 1. The molecule has 3 heterocycles. The highest BCUT2D eigenvalue weighted by molar-refractivity contribution is 5.95. The molecule has 2 aliphatic heterocycles. The molecule has 0 aliphatic carbocycles. The fourth-order valence-electron chi connectivity index (χ4n) is 4.64. The van der Waals surface area contributed by atoms with E-state index in [4.69, 9.17) is 15.2 Å². The van der Waals surface area contributed by atoms with Crippen LogP contribution < -0.4 is 15.8 Å². The number of halogens is 3. The quantitative estimate of drug-likeness (QED) is 0.449. The Morgan fingerprint density at radius 3 is 2.50 bits per heavy atom. The van der Waals surface area contributed by atoms with Gasteiger partial charge in [0.05, 0.1) is 25.3 Å². The summed E-state index contributed by atoms with van der Waals surface area (Å²) in [5.74, 6) is -0.423. The topological polar surface area (TPSA) is 107 Å². The average Bonchev–Trinajstić information content (AvgIpc) is 3.38. The molecule has 2 aromatic carbocycles. The summed E-state index contributed by atoms with van der Waals surface area (Å²) in [4.78, 5) is 30.6. The number of nitrogen functional groups attached to an aromatic ring is 1. The first-order valence-electron chi connectivity index (χ1n) is 12.7. The maximum Gasteiger partial charge on any atom is 0.419 e. The van der Waals surface area contributed by atoms with Crippen LogP contribution in [0.4, 0.5) is 19.0 Å². The van der Waals surface area contributed by atoms with E-state index in [0.29, 0.717) is 59.9 Å². The molecular weight excluding hydrogens is 525 g/mol. The number of pyridine rings is 1. The number of anilines is 1. The number of amides is 2. The number of fused-ring (bicyclic) bond motifs is 1. The lowest BCUT2D eigenvalue weighted by molar-refractivity contribution is -0.139. The van der Waals surface area contributed by atoms with Gasteiger partial charge in [0.2, 0.25) is 5.91 Å². The van der Waals surface area contributed by atoms with Gasteiger partial charge in [-0.05, 0) is 64.7 Å². The van der Waals surface area contributed by atoms with Gasteiger partial charge < -0.3 is 25.4 Å². The summed E-state index contributed by atoms with van der Waals surface area (Å²) in [6.45, 7) is 1.98. The SMILES string of the molecule is Nc1ccc(C=CC(=O)NCC2Cc3cc(-c4ccc(C(=O)N5CCOCC5)cc4)cc(C(F)(F)F)c3O2)cn1. The van der Waals surface area contributed by atoms with Crippen molar-refractivity contribution in [3.05, 3.63) is 83.1 Å². The van der Waals surface area contributed by atoms with Gasteiger partial charge in [-0.3, -0.25) is 9.59 Å². The van der Waals surface area contributed by atoms with Gasteiger partial charge in [0.15, 0.2) is 0 Å². The molecule has 0 radical (unpaired) electrons. The highest BCUT2D eigenvalue weighted by Crippen LogP contribution is 2.44. The number of carbonyl (C=O) groups excluding carboxylic acids is 2. The molecule has 3 aromatic rings. The highest BCUT2D eigenvalue weighted by atomic mass is 19.4. The Morgan fingerprint density at radius 2 is 1.82 bits per heavy atom. The van der Waals surface area contributed by atoms with Crippen LogP contribution in [-0.4, -0.2) is 60.7 Å². The second-order valence-electron chi connectivity index (χ2n) is 9.53. The number of carbonyl (C=O) groups is 2. The van der Waals surface area contributed by atoms with Gasteiger partial charge in [-0.15, -0.1) is 0 Å². The summed E-state index contributed by atoms with van der Waals surface area (Å²) in [6, 6.07) is 12.6. The Balaban J connectivity index is 1.28. The second-order valence-corrected chi connectivity index (χ2v) is 9.53. The van der Waals surface area contributed by atoms with Crippen LogP contribution in [0.2, 0.25) is 0 Å². The van der Waals surface area contributed by atoms with Crippen LogP contribution in [0.1, 0.15) is 27.0 Å². The zero-order valence-corrected chi connectivity index (χ0v) is 21.4.